The number of hydrogen-bond acceptors (Lipinski definition) is 4. The van der Waals surface area contributed by atoms with Crippen LogP contribution in [0.2, 0.25) is 0 Å². The number of benzene rings is 2. The summed E-state index contributed by atoms with van der Waals surface area (Å²) in [4.78, 5) is 4.11. The van der Waals surface area contributed by atoms with Crippen molar-refractivity contribution in [3.63, 3.8) is 0 Å². The number of hydrogen-bond donors (Lipinski definition) is 2. The van der Waals surface area contributed by atoms with Crippen LogP contribution in [-0.4, -0.2) is 28.2 Å². The standard InChI is InChI=1S/C18H26N4/c1-21(2)15-9-7-13(17(19)11-15)5-6-14-8-10-16(22(3)4)12-18(14)20/h7-12H,5-6,19-20H2,1-4H3. The van der Waals surface area contributed by atoms with Crippen molar-refractivity contribution in [1.82, 2.24) is 0 Å². The summed E-state index contributed by atoms with van der Waals surface area (Å²) in [6, 6.07) is 12.5. The van der Waals surface area contributed by atoms with Gasteiger partial charge in [-0.3, -0.25) is 0 Å². The first kappa shape index (κ1) is 16.0. The lowest BCUT2D eigenvalue weighted by atomic mass is 10.0. The molecule has 0 saturated carbocycles. The molecule has 4 N–H and O–H groups in total. The zero-order valence-electron chi connectivity index (χ0n) is 13.9. The van der Waals surface area contributed by atoms with Crippen LogP contribution in [0.15, 0.2) is 36.4 Å². The molecule has 0 radical (unpaired) electrons. The van der Waals surface area contributed by atoms with E-state index < -0.39 is 0 Å². The van der Waals surface area contributed by atoms with Crippen LogP contribution in [0.3, 0.4) is 0 Å². The predicted octanol–water partition coefficient (Wildman–Crippen LogP) is 2.77. The third-order valence-electron chi connectivity index (χ3n) is 3.96. The molecule has 0 heterocycles. The molecule has 0 aliphatic carbocycles. The summed E-state index contributed by atoms with van der Waals surface area (Å²) >= 11 is 0. The second-order valence-corrected chi connectivity index (χ2v) is 6.06. The van der Waals surface area contributed by atoms with Gasteiger partial charge in [-0.15, -0.1) is 0 Å². The highest BCUT2D eigenvalue weighted by Gasteiger charge is 2.06. The molecule has 0 saturated heterocycles. The first-order chi connectivity index (χ1) is 10.4. The number of nitrogens with zero attached hydrogens (tertiary/aromatic N) is 2. The molecular weight excluding hydrogens is 272 g/mol. The van der Waals surface area contributed by atoms with Gasteiger partial charge in [0.25, 0.3) is 0 Å². The fourth-order valence-electron chi connectivity index (χ4n) is 2.45. The van der Waals surface area contributed by atoms with Gasteiger partial charge in [0.2, 0.25) is 0 Å². The van der Waals surface area contributed by atoms with Crippen molar-refractivity contribution in [3.05, 3.63) is 47.5 Å². The molecule has 22 heavy (non-hydrogen) atoms. The summed E-state index contributed by atoms with van der Waals surface area (Å²) in [7, 11) is 8.06. The minimum Gasteiger partial charge on any atom is -0.398 e. The summed E-state index contributed by atoms with van der Waals surface area (Å²) in [6.45, 7) is 0. The van der Waals surface area contributed by atoms with Gasteiger partial charge in [0.05, 0.1) is 0 Å². The number of aryl methyl sites for hydroxylation is 2. The number of anilines is 4. The molecule has 0 amide bonds. The minimum atomic E-state index is 0.842. The first-order valence-corrected chi connectivity index (χ1v) is 7.50. The van der Waals surface area contributed by atoms with E-state index in [1.54, 1.807) is 0 Å². The molecule has 2 rings (SSSR count). The maximum absolute atomic E-state index is 6.16. The van der Waals surface area contributed by atoms with Crippen molar-refractivity contribution >= 4 is 22.7 Å². The fourth-order valence-corrected chi connectivity index (χ4v) is 2.45. The third-order valence-corrected chi connectivity index (χ3v) is 3.96. The van der Waals surface area contributed by atoms with Gasteiger partial charge in [0.1, 0.15) is 0 Å². The maximum atomic E-state index is 6.16. The minimum absolute atomic E-state index is 0.842. The first-order valence-electron chi connectivity index (χ1n) is 7.50. The average Bonchev–Trinajstić information content (AvgIpc) is 2.46. The van der Waals surface area contributed by atoms with Crippen molar-refractivity contribution in [3.8, 4) is 0 Å². The Morgan fingerprint density at radius 3 is 1.32 bits per heavy atom. The van der Waals surface area contributed by atoms with Gasteiger partial charge < -0.3 is 21.3 Å². The van der Waals surface area contributed by atoms with Gasteiger partial charge in [-0.2, -0.15) is 0 Å². The van der Waals surface area contributed by atoms with Gasteiger partial charge >= 0.3 is 0 Å². The van der Waals surface area contributed by atoms with Gasteiger partial charge in [0.15, 0.2) is 0 Å². The van der Waals surface area contributed by atoms with Crippen molar-refractivity contribution < 1.29 is 0 Å². The SMILES string of the molecule is CN(C)c1ccc(CCc2ccc(N(C)C)cc2N)c(N)c1. The summed E-state index contributed by atoms with van der Waals surface area (Å²) in [5, 5.41) is 0. The summed E-state index contributed by atoms with van der Waals surface area (Å²) in [5.41, 5.74) is 18.6. The second kappa shape index (κ2) is 6.60. The van der Waals surface area contributed by atoms with E-state index in [0.29, 0.717) is 0 Å². The van der Waals surface area contributed by atoms with Crippen LogP contribution in [0.5, 0.6) is 0 Å². The molecule has 118 valence electrons. The number of nitrogen functional groups attached to an aromatic ring is 2. The zero-order chi connectivity index (χ0) is 16.3. The highest BCUT2D eigenvalue weighted by Crippen LogP contribution is 2.24. The Morgan fingerprint density at radius 1 is 0.682 bits per heavy atom. The molecule has 0 unspecified atom stereocenters. The van der Waals surface area contributed by atoms with Gasteiger partial charge in [0, 0.05) is 50.9 Å². The van der Waals surface area contributed by atoms with Gasteiger partial charge in [-0.25, -0.2) is 0 Å². The highest BCUT2D eigenvalue weighted by molar-refractivity contribution is 5.61. The topological polar surface area (TPSA) is 58.5 Å². The van der Waals surface area contributed by atoms with E-state index in [2.05, 4.69) is 34.1 Å². The molecule has 0 atom stereocenters. The van der Waals surface area contributed by atoms with Crippen LogP contribution >= 0.6 is 0 Å². The van der Waals surface area contributed by atoms with Crippen molar-refractivity contribution in [2.75, 3.05) is 49.5 Å². The number of nitrogens with two attached hydrogens (primary N) is 2. The van der Waals surface area contributed by atoms with E-state index >= 15 is 0 Å². The molecule has 0 aliphatic heterocycles. The second-order valence-electron chi connectivity index (χ2n) is 6.06. The van der Waals surface area contributed by atoms with E-state index in [9.17, 15) is 0 Å². The lowest BCUT2D eigenvalue weighted by molar-refractivity contribution is 0.963. The average molecular weight is 298 g/mol. The van der Waals surface area contributed by atoms with Gasteiger partial charge in [-0.05, 0) is 48.2 Å². The molecule has 0 bridgehead atoms. The third kappa shape index (κ3) is 3.64. The molecule has 0 spiro atoms. The lowest BCUT2D eigenvalue weighted by Crippen LogP contribution is -2.10. The Hall–Kier alpha value is -2.36. The molecule has 0 aliphatic rings. The van der Waals surface area contributed by atoms with Crippen LogP contribution in [0, 0.1) is 0 Å². The Labute approximate surface area is 133 Å². The molecule has 2 aromatic carbocycles. The van der Waals surface area contributed by atoms with Crippen molar-refractivity contribution in [1.29, 1.82) is 0 Å². The van der Waals surface area contributed by atoms with E-state index in [1.807, 2.05) is 40.3 Å². The summed E-state index contributed by atoms with van der Waals surface area (Å²) in [5.74, 6) is 0. The van der Waals surface area contributed by atoms with Crippen LogP contribution in [0.1, 0.15) is 11.1 Å². The molecule has 4 nitrogen and oxygen atoms in total. The van der Waals surface area contributed by atoms with E-state index in [-0.39, 0.29) is 0 Å². The van der Waals surface area contributed by atoms with E-state index in [0.717, 1.165) is 35.6 Å². The van der Waals surface area contributed by atoms with Crippen molar-refractivity contribution in [2.45, 2.75) is 12.8 Å². The highest BCUT2D eigenvalue weighted by atomic mass is 15.1. The normalized spacial score (nSPS) is 10.5. The number of rotatable bonds is 5. The van der Waals surface area contributed by atoms with E-state index in [1.165, 1.54) is 11.1 Å². The molecular formula is C18H26N4. The largest absolute Gasteiger partial charge is 0.398 e. The Bertz CT molecular complexity index is 590. The van der Waals surface area contributed by atoms with Crippen LogP contribution in [0.4, 0.5) is 22.7 Å². The Balaban J connectivity index is 2.10. The molecule has 0 aromatic heterocycles. The summed E-state index contributed by atoms with van der Waals surface area (Å²) < 4.78 is 0. The Kier molecular flexibility index (Phi) is 4.81. The van der Waals surface area contributed by atoms with Gasteiger partial charge in [-0.1, -0.05) is 12.1 Å². The quantitative estimate of drug-likeness (QED) is 0.833. The zero-order valence-corrected chi connectivity index (χ0v) is 13.9. The molecule has 2 aromatic rings. The lowest BCUT2D eigenvalue weighted by Gasteiger charge is -2.16. The molecule has 0 fully saturated rings. The fraction of sp³-hybridized carbons (Fsp3) is 0.333. The van der Waals surface area contributed by atoms with Crippen LogP contribution in [0.25, 0.3) is 0 Å². The van der Waals surface area contributed by atoms with E-state index in [4.69, 9.17) is 11.5 Å². The Morgan fingerprint density at radius 2 is 1.05 bits per heavy atom. The van der Waals surface area contributed by atoms with Crippen molar-refractivity contribution in [2.24, 2.45) is 0 Å². The maximum Gasteiger partial charge on any atom is 0.0381 e. The van der Waals surface area contributed by atoms with Crippen LogP contribution < -0.4 is 21.3 Å². The molecule has 4 heteroatoms. The van der Waals surface area contributed by atoms with Crippen LogP contribution in [-0.2, 0) is 12.8 Å². The summed E-state index contributed by atoms with van der Waals surface area (Å²) in [6.07, 6.45) is 1.79. The monoisotopic (exact) mass is 298 g/mol. The predicted molar refractivity (Wildman–Crippen MR) is 97.8 cm³/mol. The smallest absolute Gasteiger partial charge is 0.0381 e.